The number of benzene rings is 2. The number of aliphatic hydroxyl groups is 4. The number of phenols is 4. The van der Waals surface area contributed by atoms with E-state index < -0.39 is 85.7 Å². The Bertz CT molecular complexity index is 1410. The van der Waals surface area contributed by atoms with Gasteiger partial charge in [-0.3, -0.25) is 4.79 Å². The highest BCUT2D eigenvalue weighted by Crippen LogP contribution is 2.33. The largest absolute Gasteiger partial charge is 0.504 e. The SMILES string of the molecule is CC(=O)O[C@@H]1[C@@H](O)[C@@H](O)[C@H](O[C@@H]2[C@@H](O)[C@H](OCCc3ccc(O)c(O)c3)O[C@H](CO)[C@H]2OC(=O)/C=C/c2ccc(O)c(O)c2)O[C@H]1C. The Balaban J connectivity index is 1.54. The summed E-state index contributed by atoms with van der Waals surface area (Å²) in [5.74, 6) is -3.17. The van der Waals surface area contributed by atoms with Crippen molar-refractivity contribution in [3.05, 3.63) is 53.6 Å². The number of aliphatic hydroxyl groups excluding tert-OH is 4. The molecule has 2 aliphatic rings. The highest BCUT2D eigenvalue weighted by atomic mass is 16.7. The van der Waals surface area contributed by atoms with Crippen LogP contribution in [0.2, 0.25) is 0 Å². The summed E-state index contributed by atoms with van der Waals surface area (Å²) in [6.07, 6.45) is -12.6. The van der Waals surface area contributed by atoms with Gasteiger partial charge in [-0.05, 0) is 54.8 Å². The van der Waals surface area contributed by atoms with Gasteiger partial charge in [-0.1, -0.05) is 12.1 Å². The van der Waals surface area contributed by atoms with Crippen molar-refractivity contribution in [2.75, 3.05) is 13.2 Å². The maximum absolute atomic E-state index is 12.9. The summed E-state index contributed by atoms with van der Waals surface area (Å²) in [5, 5.41) is 81.5. The third-order valence-electron chi connectivity index (χ3n) is 7.54. The molecule has 2 fully saturated rings. The normalized spacial score (nSPS) is 31.0. The second kappa shape index (κ2) is 15.7. The molecule has 2 heterocycles. The van der Waals surface area contributed by atoms with Gasteiger partial charge in [0.15, 0.2) is 47.8 Å². The first kappa shape index (κ1) is 35.8. The topological polar surface area (TPSA) is 251 Å². The predicted molar refractivity (Wildman–Crippen MR) is 157 cm³/mol. The van der Waals surface area contributed by atoms with Crippen LogP contribution in [0.4, 0.5) is 0 Å². The second-order valence-corrected chi connectivity index (χ2v) is 11.0. The molecule has 0 radical (unpaired) electrons. The second-order valence-electron chi connectivity index (χ2n) is 11.0. The third-order valence-corrected chi connectivity index (χ3v) is 7.54. The van der Waals surface area contributed by atoms with E-state index in [1.165, 1.54) is 43.3 Å². The van der Waals surface area contributed by atoms with E-state index in [1.807, 2.05) is 0 Å². The number of carbonyl (C=O) groups excluding carboxylic acids is 2. The Morgan fingerprint density at radius 1 is 0.809 bits per heavy atom. The fraction of sp³-hybridized carbons (Fsp3) is 0.484. The highest BCUT2D eigenvalue weighted by Gasteiger charge is 2.53. The number of rotatable bonds is 11. The van der Waals surface area contributed by atoms with Gasteiger partial charge in [0.25, 0.3) is 0 Å². The monoisotopic (exact) mass is 666 g/mol. The van der Waals surface area contributed by atoms with Crippen molar-refractivity contribution in [3.8, 4) is 23.0 Å². The molecule has 0 spiro atoms. The van der Waals surface area contributed by atoms with Crippen molar-refractivity contribution in [2.45, 2.75) is 81.7 Å². The van der Waals surface area contributed by atoms with Gasteiger partial charge < -0.3 is 69.3 Å². The summed E-state index contributed by atoms with van der Waals surface area (Å²) in [5.41, 5.74) is 0.893. The van der Waals surface area contributed by atoms with E-state index in [0.717, 1.165) is 13.0 Å². The fourth-order valence-corrected chi connectivity index (χ4v) is 5.10. The molecule has 2 aromatic rings. The van der Waals surface area contributed by atoms with E-state index >= 15 is 0 Å². The molecule has 258 valence electrons. The van der Waals surface area contributed by atoms with Gasteiger partial charge in [-0.15, -0.1) is 0 Å². The van der Waals surface area contributed by atoms with Crippen LogP contribution in [-0.4, -0.2) is 127 Å². The van der Waals surface area contributed by atoms with Crippen LogP contribution in [0.25, 0.3) is 6.08 Å². The molecule has 0 unspecified atom stereocenters. The first-order valence-corrected chi connectivity index (χ1v) is 14.6. The Labute approximate surface area is 268 Å². The summed E-state index contributed by atoms with van der Waals surface area (Å²) in [6, 6.07) is 7.95. The van der Waals surface area contributed by atoms with Crippen LogP contribution in [0, 0.1) is 0 Å². The Kier molecular flexibility index (Phi) is 12.0. The van der Waals surface area contributed by atoms with E-state index in [2.05, 4.69) is 0 Å². The third kappa shape index (κ3) is 8.88. The number of ether oxygens (including phenoxy) is 6. The smallest absolute Gasteiger partial charge is 0.331 e. The van der Waals surface area contributed by atoms with E-state index in [-0.39, 0.29) is 30.3 Å². The molecule has 0 aromatic heterocycles. The first-order valence-electron chi connectivity index (χ1n) is 14.6. The van der Waals surface area contributed by atoms with E-state index in [0.29, 0.717) is 11.1 Å². The number of esters is 2. The first-order chi connectivity index (χ1) is 22.3. The van der Waals surface area contributed by atoms with Gasteiger partial charge in [-0.2, -0.15) is 0 Å². The van der Waals surface area contributed by atoms with Crippen molar-refractivity contribution >= 4 is 18.0 Å². The molecule has 47 heavy (non-hydrogen) atoms. The lowest BCUT2D eigenvalue weighted by Gasteiger charge is -2.46. The predicted octanol–water partition coefficient (Wildman–Crippen LogP) is -0.445. The average molecular weight is 667 g/mol. The van der Waals surface area contributed by atoms with Crippen LogP contribution in [0.5, 0.6) is 23.0 Å². The molecule has 16 heteroatoms. The number of hydrogen-bond donors (Lipinski definition) is 8. The Morgan fingerprint density at radius 3 is 2.13 bits per heavy atom. The molecule has 8 N–H and O–H groups in total. The molecule has 0 bridgehead atoms. The summed E-state index contributed by atoms with van der Waals surface area (Å²) in [7, 11) is 0. The zero-order chi connectivity index (χ0) is 34.4. The van der Waals surface area contributed by atoms with E-state index in [4.69, 9.17) is 28.4 Å². The maximum atomic E-state index is 12.9. The lowest BCUT2D eigenvalue weighted by Crippen LogP contribution is -2.65. The minimum absolute atomic E-state index is 0.0914. The Morgan fingerprint density at radius 2 is 1.49 bits per heavy atom. The van der Waals surface area contributed by atoms with E-state index in [1.54, 1.807) is 6.07 Å². The average Bonchev–Trinajstić information content (AvgIpc) is 3.02. The van der Waals surface area contributed by atoms with Crippen LogP contribution in [0.3, 0.4) is 0 Å². The van der Waals surface area contributed by atoms with Crippen LogP contribution in [-0.2, 0) is 44.4 Å². The van der Waals surface area contributed by atoms with Crippen LogP contribution >= 0.6 is 0 Å². The van der Waals surface area contributed by atoms with Gasteiger partial charge in [0.05, 0.1) is 19.3 Å². The molecule has 10 atom stereocenters. The van der Waals surface area contributed by atoms with Gasteiger partial charge in [0, 0.05) is 13.0 Å². The molecular formula is C31H38O16. The van der Waals surface area contributed by atoms with Gasteiger partial charge in [0.2, 0.25) is 0 Å². The number of hydrogen-bond acceptors (Lipinski definition) is 16. The van der Waals surface area contributed by atoms with Crippen molar-refractivity contribution in [3.63, 3.8) is 0 Å². The quantitative estimate of drug-likeness (QED) is 0.0859. The highest BCUT2D eigenvalue weighted by molar-refractivity contribution is 5.87. The molecule has 2 saturated heterocycles. The number of phenolic OH excluding ortho intramolecular Hbond substituents is 4. The fourth-order valence-electron chi connectivity index (χ4n) is 5.10. The van der Waals surface area contributed by atoms with Crippen molar-refractivity contribution < 1.29 is 78.9 Å². The molecule has 4 rings (SSSR count). The van der Waals surface area contributed by atoms with Gasteiger partial charge in [0.1, 0.15) is 30.5 Å². The molecule has 0 aliphatic carbocycles. The molecule has 0 amide bonds. The van der Waals surface area contributed by atoms with Crippen LogP contribution in [0.1, 0.15) is 25.0 Å². The zero-order valence-electron chi connectivity index (χ0n) is 25.4. The lowest BCUT2D eigenvalue weighted by atomic mass is 9.96. The Hall–Kier alpha value is -4.00. The molecule has 0 saturated carbocycles. The minimum Gasteiger partial charge on any atom is -0.504 e. The summed E-state index contributed by atoms with van der Waals surface area (Å²) >= 11 is 0. The maximum Gasteiger partial charge on any atom is 0.331 e. The van der Waals surface area contributed by atoms with Gasteiger partial charge >= 0.3 is 11.9 Å². The summed E-state index contributed by atoms with van der Waals surface area (Å²) < 4.78 is 33.6. The number of carbonyl (C=O) groups is 2. The molecular weight excluding hydrogens is 628 g/mol. The van der Waals surface area contributed by atoms with Crippen molar-refractivity contribution in [2.24, 2.45) is 0 Å². The standard InChI is InChI=1S/C31H38O16/c1-14-27(44-15(2)33)24(39)25(40)31(43-14)47-29-26(41)30(42-10-9-17-4-7-19(35)21(37)12-17)45-22(13-32)28(29)46-23(38)8-5-16-3-6-18(34)20(36)11-16/h3-8,11-12,14,22,24-32,34-37,39-41H,9-10,13H2,1-2H3/b8-5+/t14-,22+,24-,25+,26+,27-,28+,29+,30+,31-/m0/s1. The van der Waals surface area contributed by atoms with Crippen molar-refractivity contribution in [1.82, 2.24) is 0 Å². The molecule has 2 aromatic carbocycles. The lowest BCUT2D eigenvalue weighted by molar-refractivity contribution is -0.357. The van der Waals surface area contributed by atoms with Crippen LogP contribution < -0.4 is 0 Å². The summed E-state index contributed by atoms with van der Waals surface area (Å²) in [6.45, 7) is 1.72. The minimum atomic E-state index is -1.81. The van der Waals surface area contributed by atoms with Crippen molar-refractivity contribution in [1.29, 1.82) is 0 Å². The number of aromatic hydroxyl groups is 4. The molecule has 16 nitrogen and oxygen atoms in total. The van der Waals surface area contributed by atoms with E-state index in [9.17, 15) is 50.4 Å². The molecule has 2 aliphatic heterocycles. The summed E-state index contributed by atoms with van der Waals surface area (Å²) in [4.78, 5) is 24.4. The van der Waals surface area contributed by atoms with Gasteiger partial charge in [-0.25, -0.2) is 4.79 Å². The zero-order valence-corrected chi connectivity index (χ0v) is 25.4. The van der Waals surface area contributed by atoms with Crippen LogP contribution in [0.15, 0.2) is 42.5 Å².